The molecule has 1 unspecified atom stereocenters. The molecule has 0 fully saturated rings. The third-order valence-electron chi connectivity index (χ3n) is 3.69. The second-order valence-electron chi connectivity index (χ2n) is 5.63. The molecule has 7 nitrogen and oxygen atoms in total. The van der Waals surface area contributed by atoms with Crippen molar-refractivity contribution in [1.82, 2.24) is 0 Å². The minimum atomic E-state index is -1.15. The van der Waals surface area contributed by atoms with Crippen LogP contribution in [-0.2, 0) is 4.79 Å². The van der Waals surface area contributed by atoms with E-state index >= 15 is 0 Å². The van der Waals surface area contributed by atoms with E-state index in [9.17, 15) is 14.7 Å². The van der Waals surface area contributed by atoms with Crippen LogP contribution >= 0.6 is 0 Å². The van der Waals surface area contributed by atoms with E-state index in [1.54, 1.807) is 19.1 Å². The fourth-order valence-electron chi connectivity index (χ4n) is 2.29. The predicted octanol–water partition coefficient (Wildman–Crippen LogP) is 3.12. The van der Waals surface area contributed by atoms with Crippen LogP contribution in [0.2, 0.25) is 0 Å². The SMILES string of the molecule is COc1cc(C(=O)O)cc(NC(=O)C(C)Oc2ccc(C)cc2)c1OC. The molecule has 2 N–H and O–H groups in total. The van der Waals surface area contributed by atoms with E-state index < -0.39 is 18.0 Å². The van der Waals surface area contributed by atoms with Gasteiger partial charge >= 0.3 is 5.97 Å². The minimum Gasteiger partial charge on any atom is -0.493 e. The summed E-state index contributed by atoms with van der Waals surface area (Å²) in [6.07, 6.45) is -0.804. The molecular weight excluding hydrogens is 338 g/mol. The van der Waals surface area contributed by atoms with Crippen molar-refractivity contribution in [3.05, 3.63) is 47.5 Å². The number of ether oxygens (including phenoxy) is 3. The van der Waals surface area contributed by atoms with Gasteiger partial charge in [-0.1, -0.05) is 17.7 Å². The zero-order valence-corrected chi connectivity index (χ0v) is 15.0. The van der Waals surface area contributed by atoms with E-state index in [-0.39, 0.29) is 22.7 Å². The lowest BCUT2D eigenvalue weighted by atomic mass is 10.1. The molecule has 0 aliphatic carbocycles. The third kappa shape index (κ3) is 4.44. The fourth-order valence-corrected chi connectivity index (χ4v) is 2.29. The van der Waals surface area contributed by atoms with Crippen molar-refractivity contribution >= 4 is 17.6 Å². The lowest BCUT2D eigenvalue weighted by Crippen LogP contribution is -2.30. The topological polar surface area (TPSA) is 94.1 Å². The van der Waals surface area contributed by atoms with Crippen molar-refractivity contribution in [3.8, 4) is 17.2 Å². The van der Waals surface area contributed by atoms with E-state index in [4.69, 9.17) is 14.2 Å². The Balaban J connectivity index is 2.22. The Morgan fingerprint density at radius 2 is 1.73 bits per heavy atom. The van der Waals surface area contributed by atoms with Crippen molar-refractivity contribution < 1.29 is 28.9 Å². The first-order valence-corrected chi connectivity index (χ1v) is 7.89. The molecule has 26 heavy (non-hydrogen) atoms. The van der Waals surface area contributed by atoms with Crippen molar-refractivity contribution in [2.45, 2.75) is 20.0 Å². The second-order valence-corrected chi connectivity index (χ2v) is 5.63. The summed E-state index contributed by atoms with van der Waals surface area (Å²) in [6, 6.07) is 9.93. The van der Waals surface area contributed by atoms with Crippen LogP contribution in [0.1, 0.15) is 22.8 Å². The molecule has 0 saturated carbocycles. The Bertz CT molecular complexity index is 800. The van der Waals surface area contributed by atoms with E-state index in [2.05, 4.69) is 5.32 Å². The van der Waals surface area contributed by atoms with Gasteiger partial charge in [0, 0.05) is 0 Å². The smallest absolute Gasteiger partial charge is 0.335 e. The van der Waals surface area contributed by atoms with Crippen LogP contribution < -0.4 is 19.5 Å². The summed E-state index contributed by atoms with van der Waals surface area (Å²) in [5.74, 6) is -0.607. The molecule has 0 bridgehead atoms. The fraction of sp³-hybridized carbons (Fsp3) is 0.263. The number of aromatic carboxylic acids is 1. The molecule has 0 aliphatic heterocycles. The molecule has 2 aromatic rings. The van der Waals surface area contributed by atoms with Gasteiger partial charge in [-0.25, -0.2) is 4.79 Å². The Hall–Kier alpha value is -3.22. The van der Waals surface area contributed by atoms with Crippen LogP contribution in [0.3, 0.4) is 0 Å². The molecule has 0 spiro atoms. The molecule has 2 rings (SSSR count). The summed E-state index contributed by atoms with van der Waals surface area (Å²) >= 11 is 0. The maximum atomic E-state index is 12.5. The van der Waals surface area contributed by atoms with Gasteiger partial charge in [0.2, 0.25) is 0 Å². The molecule has 1 amide bonds. The third-order valence-corrected chi connectivity index (χ3v) is 3.69. The van der Waals surface area contributed by atoms with E-state index in [0.717, 1.165) is 5.56 Å². The Kier molecular flexibility index (Phi) is 6.06. The number of anilines is 1. The number of hydrogen-bond acceptors (Lipinski definition) is 5. The summed E-state index contributed by atoms with van der Waals surface area (Å²) in [7, 11) is 2.79. The van der Waals surface area contributed by atoms with Crippen LogP contribution in [0.25, 0.3) is 0 Å². The highest BCUT2D eigenvalue weighted by atomic mass is 16.5. The van der Waals surface area contributed by atoms with Gasteiger partial charge in [0.15, 0.2) is 17.6 Å². The molecule has 138 valence electrons. The van der Waals surface area contributed by atoms with E-state index in [1.807, 2.05) is 19.1 Å². The largest absolute Gasteiger partial charge is 0.493 e. The first kappa shape index (κ1) is 19.1. The van der Waals surface area contributed by atoms with Gasteiger partial charge < -0.3 is 24.6 Å². The number of carbonyl (C=O) groups excluding carboxylic acids is 1. The number of rotatable bonds is 7. The highest BCUT2D eigenvalue weighted by molar-refractivity contribution is 5.98. The van der Waals surface area contributed by atoms with Crippen molar-refractivity contribution in [2.75, 3.05) is 19.5 Å². The van der Waals surface area contributed by atoms with Gasteiger partial charge in [0.1, 0.15) is 5.75 Å². The van der Waals surface area contributed by atoms with Gasteiger partial charge in [0.25, 0.3) is 5.91 Å². The lowest BCUT2D eigenvalue weighted by Gasteiger charge is -2.18. The zero-order chi connectivity index (χ0) is 19.3. The maximum Gasteiger partial charge on any atom is 0.335 e. The maximum absolute atomic E-state index is 12.5. The second kappa shape index (κ2) is 8.24. The zero-order valence-electron chi connectivity index (χ0n) is 15.0. The van der Waals surface area contributed by atoms with Crippen LogP contribution in [0, 0.1) is 6.92 Å². The normalized spacial score (nSPS) is 11.4. The summed E-state index contributed by atoms with van der Waals surface area (Å²) in [5.41, 5.74) is 1.23. The number of hydrogen-bond donors (Lipinski definition) is 2. The Morgan fingerprint density at radius 3 is 2.27 bits per heavy atom. The highest BCUT2D eigenvalue weighted by Gasteiger charge is 2.21. The van der Waals surface area contributed by atoms with E-state index in [1.165, 1.54) is 26.4 Å². The molecule has 0 aromatic heterocycles. The number of carbonyl (C=O) groups is 2. The van der Waals surface area contributed by atoms with Gasteiger partial charge in [-0.3, -0.25) is 4.79 Å². The molecular formula is C19H21NO6. The summed E-state index contributed by atoms with van der Waals surface area (Å²) < 4.78 is 16.0. The lowest BCUT2D eigenvalue weighted by molar-refractivity contribution is -0.122. The first-order valence-electron chi connectivity index (χ1n) is 7.89. The van der Waals surface area contributed by atoms with Crippen LogP contribution in [0.15, 0.2) is 36.4 Å². The molecule has 0 aliphatic rings. The predicted molar refractivity (Wildman–Crippen MR) is 96.4 cm³/mol. The average Bonchev–Trinajstić information content (AvgIpc) is 2.62. The molecule has 1 atom stereocenters. The average molecular weight is 359 g/mol. The molecule has 7 heteroatoms. The standard InChI is InChI=1S/C19H21NO6/c1-11-5-7-14(8-6-11)26-12(2)18(21)20-15-9-13(19(22)23)10-16(24-3)17(15)25-4/h5-10,12H,1-4H3,(H,20,21)(H,22,23). The van der Waals surface area contributed by atoms with Crippen LogP contribution in [0.5, 0.6) is 17.2 Å². The Morgan fingerprint density at radius 1 is 1.08 bits per heavy atom. The highest BCUT2D eigenvalue weighted by Crippen LogP contribution is 2.36. The number of methoxy groups -OCH3 is 2. The minimum absolute atomic E-state index is 0.0370. The summed E-state index contributed by atoms with van der Waals surface area (Å²) in [6.45, 7) is 3.55. The molecule has 2 aromatic carbocycles. The van der Waals surface area contributed by atoms with Crippen molar-refractivity contribution in [1.29, 1.82) is 0 Å². The number of carboxylic acid groups (broad SMARTS) is 1. The van der Waals surface area contributed by atoms with Crippen LogP contribution in [0.4, 0.5) is 5.69 Å². The summed E-state index contributed by atoms with van der Waals surface area (Å²) in [5, 5.41) is 11.9. The monoisotopic (exact) mass is 359 g/mol. The molecule has 0 radical (unpaired) electrons. The number of nitrogens with one attached hydrogen (secondary N) is 1. The van der Waals surface area contributed by atoms with Gasteiger partial charge in [-0.2, -0.15) is 0 Å². The van der Waals surface area contributed by atoms with Gasteiger partial charge in [-0.05, 0) is 38.1 Å². The molecule has 0 heterocycles. The van der Waals surface area contributed by atoms with Crippen LogP contribution in [-0.4, -0.2) is 37.3 Å². The Labute approximate surface area is 151 Å². The number of aryl methyl sites for hydroxylation is 1. The summed E-state index contributed by atoms with van der Waals surface area (Å²) in [4.78, 5) is 23.7. The van der Waals surface area contributed by atoms with Gasteiger partial charge in [0.05, 0.1) is 25.5 Å². The van der Waals surface area contributed by atoms with Crippen molar-refractivity contribution in [2.24, 2.45) is 0 Å². The number of amides is 1. The quantitative estimate of drug-likeness (QED) is 0.789. The van der Waals surface area contributed by atoms with Gasteiger partial charge in [-0.15, -0.1) is 0 Å². The van der Waals surface area contributed by atoms with Crippen molar-refractivity contribution in [3.63, 3.8) is 0 Å². The number of carboxylic acids is 1. The van der Waals surface area contributed by atoms with E-state index in [0.29, 0.717) is 5.75 Å². The molecule has 0 saturated heterocycles. The number of benzene rings is 2. The first-order chi connectivity index (χ1) is 12.3.